The Morgan fingerprint density at radius 2 is 2.05 bits per heavy atom. The molecule has 1 aromatic rings. The quantitative estimate of drug-likeness (QED) is 0.678. The third kappa shape index (κ3) is 3.01. The van der Waals surface area contributed by atoms with Gasteiger partial charge in [-0.2, -0.15) is 4.31 Å². The van der Waals surface area contributed by atoms with Crippen LogP contribution in [0, 0.1) is 15.5 Å². The Morgan fingerprint density at radius 3 is 2.52 bits per heavy atom. The number of nitrogens with zero attached hydrogens (tertiary/aromatic N) is 2. The van der Waals surface area contributed by atoms with E-state index >= 15 is 0 Å². The Kier molecular flexibility index (Phi) is 3.94. The van der Waals surface area contributed by atoms with Crippen LogP contribution in [0.3, 0.4) is 0 Å². The van der Waals surface area contributed by atoms with Gasteiger partial charge in [-0.25, -0.2) is 8.42 Å². The number of rotatable bonds is 4. The van der Waals surface area contributed by atoms with Gasteiger partial charge >= 0.3 is 0 Å². The predicted molar refractivity (Wildman–Crippen MR) is 79.8 cm³/mol. The molecule has 0 saturated carbocycles. The molecule has 0 atom stereocenters. The van der Waals surface area contributed by atoms with E-state index in [0.717, 1.165) is 6.42 Å². The molecule has 7 nitrogen and oxygen atoms in total. The second kappa shape index (κ2) is 5.27. The van der Waals surface area contributed by atoms with E-state index in [1.54, 1.807) is 0 Å². The minimum Gasteiger partial charge on any atom is -0.383 e. The molecule has 0 radical (unpaired) electrons. The number of hydrogen-bond acceptors (Lipinski definition) is 5. The molecule has 0 aliphatic carbocycles. The normalized spacial score (nSPS) is 18.6. The topological polar surface area (TPSA) is 92.6 Å². The Hall–Kier alpha value is -1.67. The molecule has 0 spiro atoms. The van der Waals surface area contributed by atoms with E-state index in [1.807, 2.05) is 13.8 Å². The minimum absolute atomic E-state index is 0.0420. The van der Waals surface area contributed by atoms with Crippen molar-refractivity contribution in [2.45, 2.75) is 25.2 Å². The molecule has 0 aromatic heterocycles. The molecule has 1 N–H and O–H groups in total. The molecule has 2 rings (SSSR count). The average molecular weight is 313 g/mol. The van der Waals surface area contributed by atoms with Gasteiger partial charge in [0, 0.05) is 26.2 Å². The van der Waals surface area contributed by atoms with E-state index in [0.29, 0.717) is 13.1 Å². The zero-order valence-electron chi connectivity index (χ0n) is 12.3. The molecule has 0 amide bonds. The SMILES string of the molecule is CNc1cc(S(=O)(=O)N2CCC(C)(C)C2)ccc1[N+](=O)[O-]. The van der Waals surface area contributed by atoms with Gasteiger partial charge < -0.3 is 5.32 Å². The average Bonchev–Trinajstić information content (AvgIpc) is 2.78. The zero-order chi connectivity index (χ0) is 15.8. The minimum atomic E-state index is -3.61. The van der Waals surface area contributed by atoms with E-state index in [4.69, 9.17) is 0 Å². The lowest BCUT2D eigenvalue weighted by molar-refractivity contribution is -0.384. The van der Waals surface area contributed by atoms with Crippen LogP contribution in [0.25, 0.3) is 0 Å². The second-order valence-electron chi connectivity index (χ2n) is 5.94. The van der Waals surface area contributed by atoms with Crippen LogP contribution in [0.15, 0.2) is 23.1 Å². The highest BCUT2D eigenvalue weighted by molar-refractivity contribution is 7.89. The van der Waals surface area contributed by atoms with Gasteiger partial charge in [-0.05, 0) is 24.0 Å². The summed E-state index contributed by atoms with van der Waals surface area (Å²) in [6.07, 6.45) is 0.804. The fourth-order valence-electron chi connectivity index (χ4n) is 2.45. The zero-order valence-corrected chi connectivity index (χ0v) is 13.1. The Labute approximate surface area is 124 Å². The first-order valence-corrected chi connectivity index (χ1v) is 8.08. The van der Waals surface area contributed by atoms with Crippen molar-refractivity contribution in [3.63, 3.8) is 0 Å². The molecule has 0 bridgehead atoms. The first-order chi connectivity index (χ1) is 9.67. The number of benzene rings is 1. The molecule has 0 unspecified atom stereocenters. The molecule has 1 saturated heterocycles. The fraction of sp³-hybridized carbons (Fsp3) is 0.538. The summed E-state index contributed by atoms with van der Waals surface area (Å²) in [7, 11) is -2.09. The highest BCUT2D eigenvalue weighted by Crippen LogP contribution is 2.34. The van der Waals surface area contributed by atoms with Crippen LogP contribution in [0.1, 0.15) is 20.3 Å². The van der Waals surface area contributed by atoms with Crippen molar-refractivity contribution in [2.75, 3.05) is 25.5 Å². The van der Waals surface area contributed by atoms with Crippen LogP contribution in [0.2, 0.25) is 0 Å². The maximum absolute atomic E-state index is 12.6. The van der Waals surface area contributed by atoms with E-state index in [2.05, 4.69) is 5.32 Å². The molecule has 1 aliphatic rings. The smallest absolute Gasteiger partial charge is 0.292 e. The lowest BCUT2D eigenvalue weighted by Gasteiger charge is -2.20. The van der Waals surface area contributed by atoms with Crippen molar-refractivity contribution in [3.05, 3.63) is 28.3 Å². The predicted octanol–water partition coefficient (Wildman–Crippen LogP) is 2.06. The number of anilines is 1. The van der Waals surface area contributed by atoms with Crippen molar-refractivity contribution in [1.29, 1.82) is 0 Å². The van der Waals surface area contributed by atoms with Crippen LogP contribution in [0.4, 0.5) is 11.4 Å². The van der Waals surface area contributed by atoms with Crippen LogP contribution in [-0.4, -0.2) is 37.8 Å². The highest BCUT2D eigenvalue weighted by atomic mass is 32.2. The maximum atomic E-state index is 12.6. The van der Waals surface area contributed by atoms with Crippen molar-refractivity contribution >= 4 is 21.4 Å². The summed E-state index contributed by atoms with van der Waals surface area (Å²) in [4.78, 5) is 10.4. The second-order valence-corrected chi connectivity index (χ2v) is 7.88. The number of nitro groups is 1. The molecular weight excluding hydrogens is 294 g/mol. The van der Waals surface area contributed by atoms with E-state index in [1.165, 1.54) is 29.6 Å². The Balaban J connectivity index is 2.40. The van der Waals surface area contributed by atoms with Gasteiger partial charge in [0.25, 0.3) is 5.69 Å². The molecule has 8 heteroatoms. The lowest BCUT2D eigenvalue weighted by Crippen LogP contribution is -2.30. The summed E-state index contributed by atoms with van der Waals surface area (Å²) < 4.78 is 26.6. The molecule has 21 heavy (non-hydrogen) atoms. The molecule has 1 heterocycles. The van der Waals surface area contributed by atoms with Gasteiger partial charge in [-0.15, -0.1) is 0 Å². The van der Waals surface area contributed by atoms with Crippen LogP contribution in [0.5, 0.6) is 0 Å². The summed E-state index contributed by atoms with van der Waals surface area (Å²) in [5.41, 5.74) is 0.0115. The summed E-state index contributed by atoms with van der Waals surface area (Å²) in [5.74, 6) is 0. The fourth-order valence-corrected chi connectivity index (χ4v) is 4.11. The molecule has 1 fully saturated rings. The van der Waals surface area contributed by atoms with Gasteiger partial charge in [0.15, 0.2) is 0 Å². The van der Waals surface area contributed by atoms with Gasteiger partial charge in [-0.3, -0.25) is 10.1 Å². The van der Waals surface area contributed by atoms with E-state index in [-0.39, 0.29) is 21.7 Å². The molecule has 1 aliphatic heterocycles. The summed E-state index contributed by atoms with van der Waals surface area (Å²) in [6.45, 7) is 4.98. The first-order valence-electron chi connectivity index (χ1n) is 6.64. The Morgan fingerprint density at radius 1 is 1.38 bits per heavy atom. The number of nitro benzene ring substituents is 1. The van der Waals surface area contributed by atoms with E-state index in [9.17, 15) is 18.5 Å². The summed E-state index contributed by atoms with van der Waals surface area (Å²) in [5, 5.41) is 13.6. The number of nitrogens with one attached hydrogen (secondary N) is 1. The van der Waals surface area contributed by atoms with Gasteiger partial charge in [0.2, 0.25) is 10.0 Å². The van der Waals surface area contributed by atoms with Crippen molar-refractivity contribution in [3.8, 4) is 0 Å². The lowest BCUT2D eigenvalue weighted by atomic mass is 9.93. The highest BCUT2D eigenvalue weighted by Gasteiger charge is 2.37. The number of hydrogen-bond donors (Lipinski definition) is 1. The first kappa shape index (κ1) is 15.7. The van der Waals surface area contributed by atoms with Crippen LogP contribution >= 0.6 is 0 Å². The van der Waals surface area contributed by atoms with Crippen molar-refractivity contribution < 1.29 is 13.3 Å². The summed E-state index contributed by atoms with van der Waals surface area (Å²) in [6, 6.07) is 3.83. The van der Waals surface area contributed by atoms with Crippen molar-refractivity contribution in [1.82, 2.24) is 4.31 Å². The summed E-state index contributed by atoms with van der Waals surface area (Å²) >= 11 is 0. The standard InChI is InChI=1S/C13H19N3O4S/c1-13(2)6-7-15(9-13)21(19,20)10-4-5-12(16(17)18)11(8-10)14-3/h4-5,8,14H,6-7,9H2,1-3H3. The largest absolute Gasteiger partial charge is 0.383 e. The third-order valence-corrected chi connectivity index (χ3v) is 5.56. The maximum Gasteiger partial charge on any atom is 0.292 e. The van der Waals surface area contributed by atoms with Crippen LogP contribution < -0.4 is 5.32 Å². The van der Waals surface area contributed by atoms with E-state index < -0.39 is 14.9 Å². The molecule has 1 aromatic carbocycles. The van der Waals surface area contributed by atoms with Crippen LogP contribution in [-0.2, 0) is 10.0 Å². The molecule has 116 valence electrons. The van der Waals surface area contributed by atoms with Crippen molar-refractivity contribution in [2.24, 2.45) is 5.41 Å². The Bertz CT molecular complexity index is 670. The third-order valence-electron chi connectivity index (χ3n) is 3.71. The number of sulfonamides is 1. The van der Waals surface area contributed by atoms with Gasteiger partial charge in [-0.1, -0.05) is 13.8 Å². The van der Waals surface area contributed by atoms with Gasteiger partial charge in [0.05, 0.1) is 9.82 Å². The molecular formula is C13H19N3O4S. The van der Waals surface area contributed by atoms with Gasteiger partial charge in [0.1, 0.15) is 5.69 Å². The monoisotopic (exact) mass is 313 g/mol.